The van der Waals surface area contributed by atoms with Gasteiger partial charge in [-0.05, 0) is 55.7 Å². The first-order valence-electron chi connectivity index (χ1n) is 10.4. The van der Waals surface area contributed by atoms with Crippen LogP contribution in [0.4, 0.5) is 5.69 Å². The summed E-state index contributed by atoms with van der Waals surface area (Å²) in [5, 5.41) is 7.46. The molecule has 1 aliphatic rings. The molecule has 2 aromatic heterocycles. The van der Waals surface area contributed by atoms with E-state index in [0.717, 1.165) is 11.1 Å². The van der Waals surface area contributed by atoms with Crippen LogP contribution < -0.4 is 9.62 Å². The number of carbonyl (C=O) groups is 1. The third-order valence-electron chi connectivity index (χ3n) is 5.47. The van der Waals surface area contributed by atoms with Gasteiger partial charge in [0.1, 0.15) is 6.33 Å². The zero-order valence-corrected chi connectivity index (χ0v) is 19.1. The standard InChI is InChI=1S/C22H26N6O3S/c1-15(2)27-14-25-21(26-27)19-13-28(32(3,30)31)20-7-6-17(11-18(19)20)22(29)24-10-8-16-5-4-9-23-12-16/h4-7,9,11-12,14-15,19H,8,10,13H2,1-3H3,(H,24,29)/t19-/m1/s1. The molecule has 1 aromatic carbocycles. The lowest BCUT2D eigenvalue weighted by atomic mass is 9.98. The molecular formula is C22H26N6O3S. The molecule has 0 saturated carbocycles. The van der Waals surface area contributed by atoms with Gasteiger partial charge in [-0.1, -0.05) is 6.07 Å². The van der Waals surface area contributed by atoms with E-state index in [1.54, 1.807) is 41.6 Å². The number of nitrogens with one attached hydrogen (secondary N) is 1. The van der Waals surface area contributed by atoms with Crippen molar-refractivity contribution in [1.82, 2.24) is 25.1 Å². The monoisotopic (exact) mass is 454 g/mol. The van der Waals surface area contributed by atoms with Crippen LogP contribution in [0.15, 0.2) is 49.1 Å². The average Bonchev–Trinajstić information content (AvgIpc) is 3.39. The van der Waals surface area contributed by atoms with Gasteiger partial charge in [-0.15, -0.1) is 0 Å². The van der Waals surface area contributed by atoms with Crippen LogP contribution >= 0.6 is 0 Å². The molecule has 1 N–H and O–H groups in total. The second-order valence-corrected chi connectivity index (χ2v) is 10.1. The van der Waals surface area contributed by atoms with Crippen molar-refractivity contribution in [2.75, 3.05) is 23.7 Å². The number of hydrogen-bond acceptors (Lipinski definition) is 6. The Balaban J connectivity index is 1.58. The predicted molar refractivity (Wildman–Crippen MR) is 121 cm³/mol. The van der Waals surface area contributed by atoms with E-state index in [4.69, 9.17) is 0 Å². The van der Waals surface area contributed by atoms with E-state index in [2.05, 4.69) is 20.4 Å². The van der Waals surface area contributed by atoms with Crippen molar-refractivity contribution in [2.24, 2.45) is 0 Å². The number of pyridine rings is 1. The molecule has 0 radical (unpaired) electrons. The largest absolute Gasteiger partial charge is 0.352 e. The second-order valence-electron chi connectivity index (χ2n) is 8.16. The second kappa shape index (κ2) is 8.70. The van der Waals surface area contributed by atoms with Gasteiger partial charge in [-0.25, -0.2) is 13.4 Å². The maximum atomic E-state index is 12.8. The van der Waals surface area contributed by atoms with Crippen LogP contribution in [0.25, 0.3) is 0 Å². The third-order valence-corrected chi connectivity index (χ3v) is 6.62. The molecule has 0 bridgehead atoms. The molecule has 32 heavy (non-hydrogen) atoms. The van der Waals surface area contributed by atoms with Crippen molar-refractivity contribution in [3.05, 3.63) is 71.6 Å². The maximum absolute atomic E-state index is 12.8. The van der Waals surface area contributed by atoms with Gasteiger partial charge in [0.05, 0.1) is 17.9 Å². The highest BCUT2D eigenvalue weighted by Gasteiger charge is 2.37. The number of nitrogens with zero attached hydrogens (tertiary/aromatic N) is 5. The molecule has 0 spiro atoms. The van der Waals surface area contributed by atoms with Gasteiger partial charge in [0.2, 0.25) is 10.0 Å². The molecule has 0 fully saturated rings. The molecule has 1 aliphatic heterocycles. The van der Waals surface area contributed by atoms with Crippen LogP contribution in [0, 0.1) is 0 Å². The summed E-state index contributed by atoms with van der Waals surface area (Å²) in [5.74, 6) is -0.0166. The van der Waals surface area contributed by atoms with Crippen molar-refractivity contribution in [2.45, 2.75) is 32.2 Å². The van der Waals surface area contributed by atoms with Gasteiger partial charge in [-0.3, -0.25) is 18.8 Å². The highest BCUT2D eigenvalue weighted by Crippen LogP contribution is 2.40. The van der Waals surface area contributed by atoms with Gasteiger partial charge < -0.3 is 5.32 Å². The van der Waals surface area contributed by atoms with Crippen molar-refractivity contribution < 1.29 is 13.2 Å². The number of fused-ring (bicyclic) bond motifs is 1. The Bertz CT molecular complexity index is 1220. The average molecular weight is 455 g/mol. The van der Waals surface area contributed by atoms with Crippen molar-refractivity contribution >= 4 is 21.6 Å². The maximum Gasteiger partial charge on any atom is 0.251 e. The summed E-state index contributed by atoms with van der Waals surface area (Å²) >= 11 is 0. The minimum atomic E-state index is -3.48. The summed E-state index contributed by atoms with van der Waals surface area (Å²) in [6.45, 7) is 4.68. The lowest BCUT2D eigenvalue weighted by Gasteiger charge is -2.16. The molecule has 9 nitrogen and oxygen atoms in total. The quantitative estimate of drug-likeness (QED) is 0.586. The molecule has 10 heteroatoms. The van der Waals surface area contributed by atoms with Crippen molar-refractivity contribution in [3.63, 3.8) is 0 Å². The highest BCUT2D eigenvalue weighted by atomic mass is 32.2. The molecule has 168 valence electrons. The Kier molecular flexibility index (Phi) is 5.96. The number of amides is 1. The molecule has 4 rings (SSSR count). The smallest absolute Gasteiger partial charge is 0.251 e. The molecule has 0 unspecified atom stereocenters. The summed E-state index contributed by atoms with van der Waals surface area (Å²) in [7, 11) is -3.48. The molecule has 1 atom stereocenters. The SMILES string of the molecule is CC(C)n1cnc([C@@H]2CN(S(C)(=O)=O)c3ccc(C(=O)NCCc4cccnc4)cc32)n1. The molecule has 0 saturated heterocycles. The molecule has 1 amide bonds. The van der Waals surface area contributed by atoms with Crippen LogP contribution in [0.1, 0.15) is 53.1 Å². The summed E-state index contributed by atoms with van der Waals surface area (Å²) in [5.41, 5.74) is 2.80. The Morgan fingerprint density at radius 3 is 2.75 bits per heavy atom. The minimum absolute atomic E-state index is 0.139. The number of sulfonamides is 1. The first kappa shape index (κ1) is 21.9. The number of benzene rings is 1. The molecule has 3 heterocycles. The van der Waals surface area contributed by atoms with Crippen molar-refractivity contribution in [3.8, 4) is 0 Å². The van der Waals surface area contributed by atoms with Gasteiger partial charge in [0, 0.05) is 37.1 Å². The first-order chi connectivity index (χ1) is 15.2. The van der Waals surface area contributed by atoms with E-state index < -0.39 is 10.0 Å². The van der Waals surface area contributed by atoms with E-state index in [1.807, 2.05) is 26.0 Å². The molecular weight excluding hydrogens is 428 g/mol. The van der Waals surface area contributed by atoms with Crippen molar-refractivity contribution in [1.29, 1.82) is 0 Å². The zero-order chi connectivity index (χ0) is 22.9. The normalized spacial score (nSPS) is 15.8. The zero-order valence-electron chi connectivity index (χ0n) is 18.3. The number of carbonyl (C=O) groups excluding carboxylic acids is 1. The van der Waals surface area contributed by atoms with Gasteiger partial charge in [0.15, 0.2) is 5.82 Å². The first-order valence-corrected chi connectivity index (χ1v) is 12.3. The van der Waals surface area contributed by atoms with Gasteiger partial charge in [-0.2, -0.15) is 5.10 Å². The number of aromatic nitrogens is 4. The summed E-state index contributed by atoms with van der Waals surface area (Å²) in [4.78, 5) is 21.2. The fourth-order valence-electron chi connectivity index (χ4n) is 3.76. The number of hydrogen-bond donors (Lipinski definition) is 1. The van der Waals surface area contributed by atoms with Crippen LogP contribution in [-0.2, 0) is 16.4 Å². The van der Waals surface area contributed by atoms with E-state index in [-0.39, 0.29) is 24.4 Å². The summed E-state index contributed by atoms with van der Waals surface area (Å²) < 4.78 is 27.9. The van der Waals surface area contributed by atoms with E-state index in [9.17, 15) is 13.2 Å². The number of rotatable bonds is 7. The summed E-state index contributed by atoms with van der Waals surface area (Å²) in [6, 6.07) is 9.05. The van der Waals surface area contributed by atoms with Crippen LogP contribution in [-0.4, -0.2) is 53.4 Å². The van der Waals surface area contributed by atoms with E-state index >= 15 is 0 Å². The fraction of sp³-hybridized carbons (Fsp3) is 0.364. The van der Waals surface area contributed by atoms with E-state index in [0.29, 0.717) is 30.0 Å². The van der Waals surface area contributed by atoms with E-state index in [1.165, 1.54) is 10.6 Å². The van der Waals surface area contributed by atoms with Crippen LogP contribution in [0.3, 0.4) is 0 Å². The molecule has 0 aliphatic carbocycles. The minimum Gasteiger partial charge on any atom is -0.352 e. The Labute approximate surface area is 187 Å². The Morgan fingerprint density at radius 2 is 2.09 bits per heavy atom. The third kappa shape index (κ3) is 4.50. The van der Waals surface area contributed by atoms with Gasteiger partial charge in [0.25, 0.3) is 5.91 Å². The highest BCUT2D eigenvalue weighted by molar-refractivity contribution is 7.92. The van der Waals surface area contributed by atoms with Crippen LogP contribution in [0.2, 0.25) is 0 Å². The topological polar surface area (TPSA) is 110 Å². The fourth-order valence-corrected chi connectivity index (χ4v) is 4.71. The lowest BCUT2D eigenvalue weighted by molar-refractivity contribution is 0.0954. The summed E-state index contributed by atoms with van der Waals surface area (Å²) in [6.07, 6.45) is 6.98. The Hall–Kier alpha value is -3.27. The van der Waals surface area contributed by atoms with Crippen LogP contribution in [0.5, 0.6) is 0 Å². The van der Waals surface area contributed by atoms with Gasteiger partial charge >= 0.3 is 0 Å². The Morgan fingerprint density at radius 1 is 1.28 bits per heavy atom. The lowest BCUT2D eigenvalue weighted by Crippen LogP contribution is -2.29. The predicted octanol–water partition coefficient (Wildman–Crippen LogP) is 2.14. The molecule has 3 aromatic rings. The number of anilines is 1.